The highest BCUT2D eigenvalue weighted by atomic mass is 15.0. The quantitative estimate of drug-likeness (QED) is 0.559. The standard InChI is InChI=1S/C21H30N2/c1-16(2)10-9-14-22-18(5)19(6)23-15-13-20-11-7-8-12-21(20)17(3)4/h9-12,22-23H,1,3,5-8,13-15H2,2,4H3/b10-9+. The van der Waals surface area contributed by atoms with Gasteiger partial charge in [0.15, 0.2) is 0 Å². The van der Waals surface area contributed by atoms with Gasteiger partial charge < -0.3 is 10.6 Å². The summed E-state index contributed by atoms with van der Waals surface area (Å²) in [6.07, 6.45) is 11.8. The fourth-order valence-electron chi connectivity index (χ4n) is 2.42. The lowest BCUT2D eigenvalue weighted by molar-refractivity contribution is 0.762. The van der Waals surface area contributed by atoms with Gasteiger partial charge in [-0.1, -0.05) is 61.8 Å². The molecule has 0 spiro atoms. The maximum Gasteiger partial charge on any atom is 0.0499 e. The lowest BCUT2D eigenvalue weighted by Gasteiger charge is -2.18. The SMILES string of the molecule is C=C(C)/C=C/CNC(=C)C(=C)NCCC1=CCCC=C1C(=C)C. The van der Waals surface area contributed by atoms with Crippen molar-refractivity contribution in [3.8, 4) is 0 Å². The monoisotopic (exact) mass is 310 g/mol. The van der Waals surface area contributed by atoms with Crippen LogP contribution >= 0.6 is 0 Å². The van der Waals surface area contributed by atoms with E-state index < -0.39 is 0 Å². The molecule has 0 saturated carbocycles. The fourth-order valence-corrected chi connectivity index (χ4v) is 2.42. The minimum atomic E-state index is 0.722. The Bertz CT molecular complexity index is 571. The van der Waals surface area contributed by atoms with Gasteiger partial charge in [-0.25, -0.2) is 0 Å². The van der Waals surface area contributed by atoms with Crippen LogP contribution in [0.4, 0.5) is 0 Å². The largest absolute Gasteiger partial charge is 0.384 e. The van der Waals surface area contributed by atoms with E-state index in [1.807, 2.05) is 19.1 Å². The lowest BCUT2D eigenvalue weighted by Crippen LogP contribution is -2.23. The van der Waals surface area contributed by atoms with Gasteiger partial charge in [0.25, 0.3) is 0 Å². The minimum Gasteiger partial charge on any atom is -0.384 e. The van der Waals surface area contributed by atoms with Crippen molar-refractivity contribution in [1.82, 2.24) is 10.6 Å². The summed E-state index contributed by atoms with van der Waals surface area (Å²) in [5.74, 6) is 0. The predicted octanol–water partition coefficient (Wildman–Crippen LogP) is 4.94. The normalized spacial score (nSPS) is 14.0. The van der Waals surface area contributed by atoms with Gasteiger partial charge in [0, 0.05) is 24.5 Å². The average molecular weight is 310 g/mol. The van der Waals surface area contributed by atoms with Gasteiger partial charge >= 0.3 is 0 Å². The molecule has 0 bridgehead atoms. The third-order valence-electron chi connectivity index (χ3n) is 3.64. The first-order valence-electron chi connectivity index (χ1n) is 8.15. The summed E-state index contributed by atoms with van der Waals surface area (Å²) < 4.78 is 0. The van der Waals surface area contributed by atoms with Gasteiger partial charge in [-0.3, -0.25) is 0 Å². The van der Waals surface area contributed by atoms with E-state index in [0.29, 0.717) is 0 Å². The molecule has 0 aromatic rings. The Hall–Kier alpha value is -2.22. The van der Waals surface area contributed by atoms with Gasteiger partial charge in [-0.15, -0.1) is 0 Å². The van der Waals surface area contributed by atoms with E-state index in [0.717, 1.165) is 54.9 Å². The molecule has 124 valence electrons. The van der Waals surface area contributed by atoms with Crippen molar-refractivity contribution in [2.45, 2.75) is 33.1 Å². The number of hydrogen-bond acceptors (Lipinski definition) is 2. The van der Waals surface area contributed by atoms with E-state index in [-0.39, 0.29) is 0 Å². The molecule has 0 saturated heterocycles. The molecule has 1 rings (SSSR count). The first-order chi connectivity index (χ1) is 10.9. The summed E-state index contributed by atoms with van der Waals surface area (Å²) in [6, 6.07) is 0. The third kappa shape index (κ3) is 7.05. The maximum atomic E-state index is 4.07. The van der Waals surface area contributed by atoms with Crippen molar-refractivity contribution in [3.05, 3.63) is 84.3 Å². The third-order valence-corrected chi connectivity index (χ3v) is 3.64. The second kappa shape index (κ2) is 9.73. The van der Waals surface area contributed by atoms with Crippen LogP contribution in [0.1, 0.15) is 33.1 Å². The molecule has 0 fully saturated rings. The predicted molar refractivity (Wildman–Crippen MR) is 103 cm³/mol. The highest BCUT2D eigenvalue weighted by molar-refractivity contribution is 5.46. The number of nitrogens with one attached hydrogen (secondary N) is 2. The molecule has 1 aliphatic rings. The second-order valence-corrected chi connectivity index (χ2v) is 5.97. The van der Waals surface area contributed by atoms with E-state index in [1.54, 1.807) is 0 Å². The molecule has 0 heterocycles. The Balaban J connectivity index is 2.34. The molecule has 1 aliphatic carbocycles. The van der Waals surface area contributed by atoms with Crippen molar-refractivity contribution >= 4 is 0 Å². The van der Waals surface area contributed by atoms with Crippen molar-refractivity contribution < 1.29 is 0 Å². The molecule has 0 aliphatic heterocycles. The number of rotatable bonds is 10. The van der Waals surface area contributed by atoms with Crippen LogP contribution in [0.3, 0.4) is 0 Å². The second-order valence-electron chi connectivity index (χ2n) is 5.97. The molecule has 0 atom stereocenters. The lowest BCUT2D eigenvalue weighted by atomic mass is 9.91. The Morgan fingerprint density at radius 3 is 2.35 bits per heavy atom. The summed E-state index contributed by atoms with van der Waals surface area (Å²) in [4.78, 5) is 0. The zero-order valence-corrected chi connectivity index (χ0v) is 14.7. The minimum absolute atomic E-state index is 0.722. The van der Waals surface area contributed by atoms with Crippen LogP contribution in [0.5, 0.6) is 0 Å². The summed E-state index contributed by atoms with van der Waals surface area (Å²) >= 11 is 0. The number of hydrogen-bond donors (Lipinski definition) is 2. The zero-order valence-electron chi connectivity index (χ0n) is 14.7. The van der Waals surface area contributed by atoms with Crippen LogP contribution in [0.15, 0.2) is 84.3 Å². The van der Waals surface area contributed by atoms with E-state index in [4.69, 9.17) is 0 Å². The molecular formula is C21H30N2. The van der Waals surface area contributed by atoms with Gasteiger partial charge in [0.2, 0.25) is 0 Å². The highest BCUT2D eigenvalue weighted by Crippen LogP contribution is 2.26. The molecule has 2 nitrogen and oxygen atoms in total. The Morgan fingerprint density at radius 2 is 1.70 bits per heavy atom. The molecule has 0 amide bonds. The van der Waals surface area contributed by atoms with Crippen molar-refractivity contribution in [2.24, 2.45) is 0 Å². The van der Waals surface area contributed by atoms with Crippen LogP contribution in [0.25, 0.3) is 0 Å². The molecular weight excluding hydrogens is 280 g/mol. The van der Waals surface area contributed by atoms with E-state index in [9.17, 15) is 0 Å². The van der Waals surface area contributed by atoms with Crippen LogP contribution in [0.2, 0.25) is 0 Å². The summed E-state index contributed by atoms with van der Waals surface area (Å²) in [5.41, 5.74) is 6.54. The van der Waals surface area contributed by atoms with Crippen LogP contribution in [-0.4, -0.2) is 13.1 Å². The first kappa shape index (κ1) is 18.8. The maximum absolute atomic E-state index is 4.07. The zero-order chi connectivity index (χ0) is 17.2. The van der Waals surface area contributed by atoms with Gasteiger partial charge in [-0.2, -0.15) is 0 Å². The smallest absolute Gasteiger partial charge is 0.0499 e. The molecule has 0 unspecified atom stereocenters. The summed E-state index contributed by atoms with van der Waals surface area (Å²) in [7, 11) is 0. The Kier molecular flexibility index (Phi) is 7.96. The fraction of sp³-hybridized carbons (Fsp3) is 0.333. The van der Waals surface area contributed by atoms with Gasteiger partial charge in [0.05, 0.1) is 0 Å². The topological polar surface area (TPSA) is 24.1 Å². The summed E-state index contributed by atoms with van der Waals surface area (Å²) in [6.45, 7) is 21.6. The van der Waals surface area contributed by atoms with E-state index >= 15 is 0 Å². The molecule has 2 heteroatoms. The van der Waals surface area contributed by atoms with Gasteiger partial charge in [0.1, 0.15) is 0 Å². The Morgan fingerprint density at radius 1 is 1.04 bits per heavy atom. The van der Waals surface area contributed by atoms with Crippen LogP contribution in [-0.2, 0) is 0 Å². The Labute approximate surface area is 141 Å². The number of allylic oxidation sites excluding steroid dienone is 6. The molecule has 2 N–H and O–H groups in total. The average Bonchev–Trinajstić information content (AvgIpc) is 2.51. The van der Waals surface area contributed by atoms with Gasteiger partial charge in [-0.05, 0) is 44.3 Å². The first-order valence-corrected chi connectivity index (χ1v) is 8.15. The van der Waals surface area contributed by atoms with Crippen molar-refractivity contribution in [3.63, 3.8) is 0 Å². The van der Waals surface area contributed by atoms with Crippen LogP contribution < -0.4 is 10.6 Å². The molecule has 23 heavy (non-hydrogen) atoms. The van der Waals surface area contributed by atoms with Crippen LogP contribution in [0, 0.1) is 0 Å². The van der Waals surface area contributed by atoms with Crippen molar-refractivity contribution in [1.29, 1.82) is 0 Å². The molecule has 0 aromatic carbocycles. The summed E-state index contributed by atoms with van der Waals surface area (Å²) in [5, 5.41) is 6.57. The molecule has 0 aromatic heterocycles. The molecule has 0 radical (unpaired) electrons. The van der Waals surface area contributed by atoms with E-state index in [1.165, 1.54) is 11.1 Å². The van der Waals surface area contributed by atoms with Crippen molar-refractivity contribution in [2.75, 3.05) is 13.1 Å². The van der Waals surface area contributed by atoms with E-state index in [2.05, 4.69) is 56.0 Å². The highest BCUT2D eigenvalue weighted by Gasteiger charge is 2.09.